The van der Waals surface area contributed by atoms with Gasteiger partial charge in [0.15, 0.2) is 0 Å². The number of allylic oxidation sites excluding steroid dienone is 2. The Morgan fingerprint density at radius 1 is 1.36 bits per heavy atom. The first kappa shape index (κ1) is 10.4. The van der Waals surface area contributed by atoms with Crippen LogP contribution in [0.1, 0.15) is 26.2 Å². The normalized spacial score (nSPS) is 10.6. The lowest BCUT2D eigenvalue weighted by Crippen LogP contribution is -2.15. The maximum atomic E-state index is 3.60. The first-order valence-corrected chi connectivity index (χ1v) is 4.40. The van der Waals surface area contributed by atoms with Crippen LogP contribution in [0.2, 0.25) is 0 Å². The highest BCUT2D eigenvalue weighted by molar-refractivity contribution is 4.97. The molecule has 0 bridgehead atoms. The fraction of sp³-hybridized carbons (Fsp3) is 0.600. The molecule has 0 heterocycles. The van der Waals surface area contributed by atoms with E-state index in [-0.39, 0.29) is 0 Å². The summed E-state index contributed by atoms with van der Waals surface area (Å²) in [6.45, 7) is 8.05. The Bertz CT molecular complexity index is 105. The van der Waals surface area contributed by atoms with Crippen molar-refractivity contribution in [2.24, 2.45) is 0 Å². The van der Waals surface area contributed by atoms with Gasteiger partial charge < -0.3 is 5.32 Å². The Kier molecular flexibility index (Phi) is 8.96. The Morgan fingerprint density at radius 2 is 2.18 bits per heavy atom. The smallest absolute Gasteiger partial charge is 0.00142 e. The van der Waals surface area contributed by atoms with E-state index in [1.165, 1.54) is 12.8 Å². The number of hydrogen-bond acceptors (Lipinski definition) is 1. The third-order valence-corrected chi connectivity index (χ3v) is 1.47. The van der Waals surface area contributed by atoms with Gasteiger partial charge in [-0.1, -0.05) is 38.2 Å². The monoisotopic (exact) mass is 153 g/mol. The minimum Gasteiger partial charge on any atom is -0.316 e. The molecule has 64 valence electrons. The molecule has 0 amide bonds. The number of nitrogens with one attached hydrogen (secondary N) is 1. The molecule has 1 heteroatoms. The van der Waals surface area contributed by atoms with Crippen LogP contribution >= 0.6 is 0 Å². The van der Waals surface area contributed by atoms with Crippen LogP contribution in [-0.4, -0.2) is 13.1 Å². The molecule has 0 aromatic rings. The van der Waals surface area contributed by atoms with Crippen LogP contribution in [-0.2, 0) is 0 Å². The van der Waals surface area contributed by atoms with E-state index in [1.807, 2.05) is 12.2 Å². The summed E-state index contributed by atoms with van der Waals surface area (Å²) in [5.74, 6) is 0. The van der Waals surface area contributed by atoms with Crippen LogP contribution in [0.4, 0.5) is 0 Å². The van der Waals surface area contributed by atoms with Crippen LogP contribution in [0.3, 0.4) is 0 Å². The van der Waals surface area contributed by atoms with E-state index in [0.717, 1.165) is 19.5 Å². The molecule has 0 fully saturated rings. The molecule has 0 aliphatic heterocycles. The summed E-state index contributed by atoms with van der Waals surface area (Å²) in [5, 5.41) is 3.36. The third-order valence-electron chi connectivity index (χ3n) is 1.47. The summed E-state index contributed by atoms with van der Waals surface area (Å²) in [7, 11) is 0. The van der Waals surface area contributed by atoms with Gasteiger partial charge in [-0.15, -0.1) is 0 Å². The van der Waals surface area contributed by atoms with Gasteiger partial charge in [0.1, 0.15) is 0 Å². The molecule has 0 unspecified atom stereocenters. The second-order valence-electron chi connectivity index (χ2n) is 2.56. The van der Waals surface area contributed by atoms with Crippen LogP contribution in [0.5, 0.6) is 0 Å². The van der Waals surface area contributed by atoms with Gasteiger partial charge in [0, 0.05) is 0 Å². The number of hydrogen-bond donors (Lipinski definition) is 1. The zero-order chi connectivity index (χ0) is 8.36. The molecule has 1 N–H and O–H groups in total. The Balaban J connectivity index is 2.90. The zero-order valence-corrected chi connectivity index (χ0v) is 7.47. The van der Waals surface area contributed by atoms with E-state index in [4.69, 9.17) is 0 Å². The van der Waals surface area contributed by atoms with E-state index in [2.05, 4.69) is 24.9 Å². The molecule has 0 saturated carbocycles. The van der Waals surface area contributed by atoms with E-state index in [9.17, 15) is 0 Å². The van der Waals surface area contributed by atoms with Crippen LogP contribution in [0.25, 0.3) is 0 Å². The van der Waals surface area contributed by atoms with E-state index in [0.29, 0.717) is 0 Å². The average Bonchev–Trinajstić information content (AvgIpc) is 2.03. The summed E-state index contributed by atoms with van der Waals surface area (Å²) in [6.07, 6.45) is 9.59. The van der Waals surface area contributed by atoms with Crippen molar-refractivity contribution in [3.05, 3.63) is 24.8 Å². The van der Waals surface area contributed by atoms with Crippen LogP contribution in [0, 0.1) is 0 Å². The van der Waals surface area contributed by atoms with Crippen molar-refractivity contribution >= 4 is 0 Å². The predicted octanol–water partition coefficient (Wildman–Crippen LogP) is 2.51. The highest BCUT2D eigenvalue weighted by Crippen LogP contribution is 1.84. The highest BCUT2D eigenvalue weighted by Gasteiger charge is 1.82. The lowest BCUT2D eigenvalue weighted by atomic mass is 10.3. The molecular formula is C10H19N. The summed E-state index contributed by atoms with van der Waals surface area (Å²) in [4.78, 5) is 0. The molecule has 0 aromatic heterocycles. The van der Waals surface area contributed by atoms with Crippen LogP contribution < -0.4 is 5.32 Å². The van der Waals surface area contributed by atoms with Gasteiger partial charge in [-0.2, -0.15) is 0 Å². The van der Waals surface area contributed by atoms with Gasteiger partial charge >= 0.3 is 0 Å². The topological polar surface area (TPSA) is 12.0 Å². The van der Waals surface area contributed by atoms with Crippen molar-refractivity contribution in [2.45, 2.75) is 26.2 Å². The fourth-order valence-electron chi connectivity index (χ4n) is 0.805. The number of rotatable bonds is 7. The second kappa shape index (κ2) is 9.44. The third kappa shape index (κ3) is 9.44. The van der Waals surface area contributed by atoms with Crippen molar-refractivity contribution in [2.75, 3.05) is 13.1 Å². The van der Waals surface area contributed by atoms with Crippen LogP contribution in [0.15, 0.2) is 24.8 Å². The minimum absolute atomic E-state index is 1.09. The summed E-state index contributed by atoms with van der Waals surface area (Å²) < 4.78 is 0. The molecule has 1 nitrogen and oxygen atoms in total. The largest absolute Gasteiger partial charge is 0.316 e. The minimum atomic E-state index is 1.09. The maximum absolute atomic E-state index is 3.60. The standard InChI is InChI=1S/C10H19N/c1-3-5-7-8-10-11-9-6-4-2/h3,5,7,11H,1,4,6,8-10H2,2H3/b7-5+. The maximum Gasteiger partial charge on any atom is -0.00142 e. The summed E-state index contributed by atoms with van der Waals surface area (Å²) in [5.41, 5.74) is 0. The van der Waals surface area contributed by atoms with Gasteiger partial charge in [-0.25, -0.2) is 0 Å². The lowest BCUT2D eigenvalue weighted by Gasteiger charge is -1.99. The van der Waals surface area contributed by atoms with E-state index < -0.39 is 0 Å². The van der Waals surface area contributed by atoms with Crippen molar-refractivity contribution in [3.8, 4) is 0 Å². The quantitative estimate of drug-likeness (QED) is 0.438. The van der Waals surface area contributed by atoms with E-state index >= 15 is 0 Å². The van der Waals surface area contributed by atoms with Gasteiger partial charge in [-0.3, -0.25) is 0 Å². The van der Waals surface area contributed by atoms with Crippen molar-refractivity contribution in [1.29, 1.82) is 0 Å². The summed E-state index contributed by atoms with van der Waals surface area (Å²) >= 11 is 0. The molecular weight excluding hydrogens is 134 g/mol. The second-order valence-corrected chi connectivity index (χ2v) is 2.56. The van der Waals surface area contributed by atoms with Gasteiger partial charge in [0.05, 0.1) is 0 Å². The SMILES string of the molecule is C=C/C=C/CCNCCCC. The molecule has 0 aliphatic carbocycles. The Hall–Kier alpha value is -0.560. The molecule has 0 saturated heterocycles. The summed E-state index contributed by atoms with van der Waals surface area (Å²) in [6, 6.07) is 0. The Morgan fingerprint density at radius 3 is 2.82 bits per heavy atom. The first-order chi connectivity index (χ1) is 5.41. The van der Waals surface area contributed by atoms with E-state index in [1.54, 1.807) is 0 Å². The average molecular weight is 153 g/mol. The van der Waals surface area contributed by atoms with Gasteiger partial charge in [-0.05, 0) is 25.9 Å². The molecule has 0 rings (SSSR count). The lowest BCUT2D eigenvalue weighted by molar-refractivity contribution is 0.645. The number of unbranched alkanes of at least 4 members (excludes halogenated alkanes) is 1. The highest BCUT2D eigenvalue weighted by atomic mass is 14.8. The van der Waals surface area contributed by atoms with Gasteiger partial charge in [0.2, 0.25) is 0 Å². The molecule has 11 heavy (non-hydrogen) atoms. The fourth-order valence-corrected chi connectivity index (χ4v) is 0.805. The molecule has 0 aliphatic rings. The molecule has 0 radical (unpaired) electrons. The van der Waals surface area contributed by atoms with Crippen molar-refractivity contribution < 1.29 is 0 Å². The Labute approximate surface area is 70.2 Å². The molecule has 0 aromatic carbocycles. The van der Waals surface area contributed by atoms with Crippen molar-refractivity contribution in [3.63, 3.8) is 0 Å². The molecule has 0 atom stereocenters. The predicted molar refractivity (Wildman–Crippen MR) is 51.7 cm³/mol. The van der Waals surface area contributed by atoms with Gasteiger partial charge in [0.25, 0.3) is 0 Å². The zero-order valence-electron chi connectivity index (χ0n) is 7.47. The first-order valence-electron chi connectivity index (χ1n) is 4.40. The molecule has 0 spiro atoms. The van der Waals surface area contributed by atoms with Crippen molar-refractivity contribution in [1.82, 2.24) is 5.32 Å².